The first-order valence-corrected chi connectivity index (χ1v) is 12.2. The van der Waals surface area contributed by atoms with Gasteiger partial charge in [0.1, 0.15) is 0 Å². The number of nitrogens with zero attached hydrogens (tertiary/aromatic N) is 5. The molecule has 1 aliphatic rings. The van der Waals surface area contributed by atoms with E-state index < -0.39 is 10.2 Å². The summed E-state index contributed by atoms with van der Waals surface area (Å²) in [6.07, 6.45) is 4.23. The monoisotopic (exact) mass is 473 g/mol. The molecule has 0 amide bonds. The van der Waals surface area contributed by atoms with Crippen LogP contribution < -0.4 is 4.90 Å². The smallest absolute Gasteiger partial charge is 0.282 e. The topological polar surface area (TPSA) is 61.7 Å². The molecule has 7 nitrogen and oxygen atoms in total. The van der Waals surface area contributed by atoms with E-state index in [1.165, 1.54) is 4.31 Å². The molecular formula is C23H28ClN5O2S. The molecule has 0 spiro atoms. The Bertz CT molecular complexity index is 1180. The average molecular weight is 474 g/mol. The van der Waals surface area contributed by atoms with Crippen LogP contribution in [0.2, 0.25) is 5.02 Å². The van der Waals surface area contributed by atoms with Crippen molar-refractivity contribution < 1.29 is 8.42 Å². The van der Waals surface area contributed by atoms with Gasteiger partial charge in [-0.2, -0.15) is 17.0 Å². The first-order chi connectivity index (χ1) is 15.3. The molecule has 0 bridgehead atoms. The molecule has 4 rings (SSSR count). The van der Waals surface area contributed by atoms with E-state index in [0.717, 1.165) is 22.5 Å². The van der Waals surface area contributed by atoms with Crippen LogP contribution in [0.5, 0.6) is 0 Å². The molecule has 1 atom stereocenters. The lowest BCUT2D eigenvalue weighted by Gasteiger charge is -2.33. The molecule has 3 aromatic rings. The van der Waals surface area contributed by atoms with Gasteiger partial charge in [-0.25, -0.2) is 4.98 Å². The number of benzene rings is 2. The first kappa shape index (κ1) is 22.8. The molecule has 1 aliphatic heterocycles. The van der Waals surface area contributed by atoms with Crippen LogP contribution in [0.3, 0.4) is 0 Å². The molecular weight excluding hydrogens is 446 g/mol. The van der Waals surface area contributed by atoms with Crippen LogP contribution in [-0.4, -0.2) is 53.3 Å². The van der Waals surface area contributed by atoms with Gasteiger partial charge < -0.3 is 9.47 Å². The van der Waals surface area contributed by atoms with Crippen molar-refractivity contribution in [2.45, 2.75) is 25.6 Å². The largest absolute Gasteiger partial charge is 0.364 e. The van der Waals surface area contributed by atoms with Gasteiger partial charge in [0.15, 0.2) is 0 Å². The van der Waals surface area contributed by atoms with Crippen molar-refractivity contribution in [3.8, 4) is 0 Å². The minimum Gasteiger partial charge on any atom is -0.364 e. The zero-order chi connectivity index (χ0) is 22.9. The highest BCUT2D eigenvalue weighted by molar-refractivity contribution is 7.86. The average Bonchev–Trinajstić information content (AvgIpc) is 3.09. The van der Waals surface area contributed by atoms with E-state index in [2.05, 4.69) is 9.88 Å². The molecule has 1 aromatic heterocycles. The number of halogens is 1. The Labute approximate surface area is 195 Å². The summed E-state index contributed by atoms with van der Waals surface area (Å²) in [5.41, 5.74) is 4.03. The van der Waals surface area contributed by atoms with Gasteiger partial charge in [0.25, 0.3) is 10.2 Å². The van der Waals surface area contributed by atoms with Crippen molar-refractivity contribution in [1.82, 2.24) is 18.2 Å². The van der Waals surface area contributed by atoms with Crippen LogP contribution in [0, 0.1) is 0 Å². The molecule has 0 saturated carbocycles. The molecule has 0 fully saturated rings. The van der Waals surface area contributed by atoms with E-state index in [1.807, 2.05) is 66.3 Å². The van der Waals surface area contributed by atoms with Crippen molar-refractivity contribution in [3.63, 3.8) is 0 Å². The van der Waals surface area contributed by atoms with Crippen molar-refractivity contribution >= 4 is 27.5 Å². The molecule has 0 N–H and O–H groups in total. The third-order valence-corrected chi connectivity index (χ3v) is 8.07. The van der Waals surface area contributed by atoms with E-state index in [1.54, 1.807) is 24.7 Å². The Morgan fingerprint density at radius 3 is 2.56 bits per heavy atom. The van der Waals surface area contributed by atoms with Gasteiger partial charge in [-0.15, -0.1) is 0 Å². The fourth-order valence-corrected chi connectivity index (χ4v) is 5.58. The number of hydrogen-bond acceptors (Lipinski definition) is 4. The minimum absolute atomic E-state index is 0.260. The minimum atomic E-state index is -3.66. The Morgan fingerprint density at radius 1 is 1.16 bits per heavy atom. The maximum Gasteiger partial charge on any atom is 0.282 e. The second kappa shape index (κ2) is 9.23. The lowest BCUT2D eigenvalue weighted by atomic mass is 10.1. The summed E-state index contributed by atoms with van der Waals surface area (Å²) in [4.78, 5) is 6.48. The van der Waals surface area contributed by atoms with Gasteiger partial charge in [0.2, 0.25) is 0 Å². The number of anilines is 1. The zero-order valence-corrected chi connectivity index (χ0v) is 20.1. The van der Waals surface area contributed by atoms with Gasteiger partial charge in [-0.1, -0.05) is 41.9 Å². The fourth-order valence-electron chi connectivity index (χ4n) is 4.14. The molecule has 170 valence electrons. The van der Waals surface area contributed by atoms with Gasteiger partial charge in [-0.3, -0.25) is 0 Å². The number of fused-ring (bicyclic) bond motifs is 1. The molecule has 2 heterocycles. The Kier molecular flexibility index (Phi) is 6.57. The molecule has 0 saturated heterocycles. The zero-order valence-electron chi connectivity index (χ0n) is 18.5. The Hall–Kier alpha value is -2.39. The van der Waals surface area contributed by atoms with Gasteiger partial charge in [0, 0.05) is 57.2 Å². The summed E-state index contributed by atoms with van der Waals surface area (Å²) in [6.45, 7) is 1.42. The molecule has 2 aromatic carbocycles. The fraction of sp³-hybridized carbons (Fsp3) is 0.348. The third-order valence-electron chi connectivity index (χ3n) is 5.89. The first-order valence-electron chi connectivity index (χ1n) is 10.5. The van der Waals surface area contributed by atoms with Gasteiger partial charge in [-0.05, 0) is 35.7 Å². The van der Waals surface area contributed by atoms with Crippen molar-refractivity contribution in [1.29, 1.82) is 0 Å². The quantitative estimate of drug-likeness (QED) is 0.551. The maximum atomic E-state index is 13.4. The lowest BCUT2D eigenvalue weighted by molar-refractivity contribution is 0.297. The normalized spacial score (nSPS) is 17.4. The number of hydrogen-bond donors (Lipinski definition) is 0. The predicted molar refractivity (Wildman–Crippen MR) is 128 cm³/mol. The van der Waals surface area contributed by atoms with E-state index in [0.29, 0.717) is 24.5 Å². The second-order valence-electron chi connectivity index (χ2n) is 8.33. The molecule has 9 heteroatoms. The Morgan fingerprint density at radius 2 is 1.91 bits per heavy atom. The van der Waals surface area contributed by atoms with Crippen molar-refractivity contribution in [2.24, 2.45) is 7.05 Å². The number of aromatic nitrogens is 2. The summed E-state index contributed by atoms with van der Waals surface area (Å²) >= 11 is 6.33. The summed E-state index contributed by atoms with van der Waals surface area (Å²) in [6, 6.07) is 15.5. The van der Waals surface area contributed by atoms with E-state index >= 15 is 0 Å². The van der Waals surface area contributed by atoms with Crippen molar-refractivity contribution in [2.75, 3.05) is 25.5 Å². The SMILES string of the molecule is CN(C)S(=O)(=O)N1Cc2cc(Cl)ccc2N(Cc2cncn2C)C[C@H]1Cc1ccccc1. The standard InChI is InChI=1S/C23H28ClN5O2S/c1-26(2)32(30,31)29-14-19-12-20(24)9-10-23(19)28(16-22-13-25-17-27(22)3)15-21(29)11-18-7-5-4-6-8-18/h4-10,12-13,17,21H,11,14-16H2,1-3H3/t21-/m1/s1. The van der Waals surface area contributed by atoms with Gasteiger partial charge >= 0.3 is 0 Å². The number of imidazole rings is 1. The summed E-state index contributed by atoms with van der Waals surface area (Å²) in [5, 5.41) is 0.591. The molecule has 0 radical (unpaired) electrons. The highest BCUT2D eigenvalue weighted by Gasteiger charge is 2.37. The van der Waals surface area contributed by atoms with Crippen molar-refractivity contribution in [3.05, 3.63) is 82.9 Å². The third kappa shape index (κ3) is 4.68. The Balaban J connectivity index is 1.80. The van der Waals surface area contributed by atoms with Gasteiger partial charge in [0.05, 0.1) is 18.6 Å². The number of rotatable bonds is 6. The maximum absolute atomic E-state index is 13.4. The van der Waals surface area contributed by atoms with E-state index in [4.69, 9.17) is 11.6 Å². The van der Waals surface area contributed by atoms with Crippen LogP contribution in [0.25, 0.3) is 0 Å². The molecule has 32 heavy (non-hydrogen) atoms. The number of aryl methyl sites for hydroxylation is 1. The van der Waals surface area contributed by atoms with E-state index in [9.17, 15) is 8.42 Å². The lowest BCUT2D eigenvalue weighted by Crippen LogP contribution is -2.49. The predicted octanol–water partition coefficient (Wildman–Crippen LogP) is 3.31. The summed E-state index contributed by atoms with van der Waals surface area (Å²) < 4.78 is 31.7. The summed E-state index contributed by atoms with van der Waals surface area (Å²) in [7, 11) is 1.45. The van der Waals surface area contributed by atoms with Crippen LogP contribution in [0.1, 0.15) is 16.8 Å². The highest BCUT2D eigenvalue weighted by atomic mass is 35.5. The summed E-state index contributed by atoms with van der Waals surface area (Å²) in [5.74, 6) is 0. The highest BCUT2D eigenvalue weighted by Crippen LogP contribution is 2.33. The molecule has 0 unspecified atom stereocenters. The van der Waals surface area contributed by atoms with Crippen LogP contribution >= 0.6 is 11.6 Å². The van der Waals surface area contributed by atoms with E-state index in [-0.39, 0.29) is 12.6 Å². The second-order valence-corrected chi connectivity index (χ2v) is 10.9. The van der Waals surface area contributed by atoms with Crippen LogP contribution in [0.4, 0.5) is 5.69 Å². The van der Waals surface area contributed by atoms with Crippen LogP contribution in [0.15, 0.2) is 61.1 Å². The molecule has 0 aliphatic carbocycles. The van der Waals surface area contributed by atoms with Crippen LogP contribution in [-0.2, 0) is 36.8 Å².